The summed E-state index contributed by atoms with van der Waals surface area (Å²) < 4.78 is 1.77. The number of rotatable bonds is 5. The maximum atomic E-state index is 12.8. The van der Waals surface area contributed by atoms with E-state index < -0.39 is 0 Å². The lowest BCUT2D eigenvalue weighted by Gasteiger charge is -2.36. The van der Waals surface area contributed by atoms with Gasteiger partial charge in [-0.15, -0.1) is 5.10 Å². The van der Waals surface area contributed by atoms with Crippen molar-refractivity contribution in [2.45, 2.75) is 62.6 Å². The number of halogens is 1. The van der Waals surface area contributed by atoms with Crippen molar-refractivity contribution < 1.29 is 4.79 Å². The van der Waals surface area contributed by atoms with Gasteiger partial charge in [-0.1, -0.05) is 35.0 Å². The average Bonchev–Trinajstić information content (AvgIpc) is 3.41. The summed E-state index contributed by atoms with van der Waals surface area (Å²) in [5.74, 6) is 0.00317. The van der Waals surface area contributed by atoms with Crippen molar-refractivity contribution in [3.05, 3.63) is 81.1 Å². The Morgan fingerprint density at radius 2 is 2.06 bits per heavy atom. The van der Waals surface area contributed by atoms with Gasteiger partial charge in [0.25, 0.3) is 5.91 Å². The standard InChI is InChI=1S/C28H29ClN6O/c1-17(18-4-6-25-21(9-18)14-34(2)16-28(25)7-8-28)35-15-26(32-33-35)27(36)31-23-10-20(11-23)24-12-22(29)5-3-19(24)13-30/h3-6,9,12,15,17,20,23H,7-8,10-11,14,16H2,1-2H3,(H,31,36)/t17-,20-,23+/m0/s1. The van der Waals surface area contributed by atoms with Gasteiger partial charge in [-0.2, -0.15) is 5.26 Å². The number of benzene rings is 2. The minimum Gasteiger partial charge on any atom is -0.348 e. The number of fused-ring (bicyclic) bond motifs is 2. The number of hydrogen-bond acceptors (Lipinski definition) is 5. The molecule has 0 bridgehead atoms. The summed E-state index contributed by atoms with van der Waals surface area (Å²) in [5.41, 5.74) is 6.38. The molecule has 1 N–H and O–H groups in total. The zero-order valence-corrected chi connectivity index (χ0v) is 21.3. The fourth-order valence-electron chi connectivity index (χ4n) is 5.99. The van der Waals surface area contributed by atoms with Crippen LogP contribution in [0.3, 0.4) is 0 Å². The second kappa shape index (κ2) is 8.72. The third-order valence-electron chi connectivity index (χ3n) is 8.24. The van der Waals surface area contributed by atoms with E-state index in [1.165, 1.54) is 29.5 Å². The summed E-state index contributed by atoms with van der Waals surface area (Å²) in [4.78, 5) is 15.3. The summed E-state index contributed by atoms with van der Waals surface area (Å²) in [6, 6.07) is 14.4. The van der Waals surface area contributed by atoms with Crippen LogP contribution < -0.4 is 5.32 Å². The van der Waals surface area contributed by atoms with Crippen molar-refractivity contribution >= 4 is 17.5 Å². The summed E-state index contributed by atoms with van der Waals surface area (Å²) >= 11 is 6.13. The van der Waals surface area contributed by atoms with Gasteiger partial charge in [-0.3, -0.25) is 4.79 Å². The quantitative estimate of drug-likeness (QED) is 0.554. The van der Waals surface area contributed by atoms with Gasteiger partial charge in [-0.25, -0.2) is 4.68 Å². The topological polar surface area (TPSA) is 86.8 Å². The predicted molar refractivity (Wildman–Crippen MR) is 137 cm³/mol. The van der Waals surface area contributed by atoms with Crippen LogP contribution in [-0.2, 0) is 12.0 Å². The Kier molecular flexibility index (Phi) is 5.62. The van der Waals surface area contributed by atoms with Crippen LogP contribution in [0, 0.1) is 11.3 Å². The molecule has 1 aliphatic heterocycles. The first-order chi connectivity index (χ1) is 17.3. The van der Waals surface area contributed by atoms with Crippen molar-refractivity contribution in [3.63, 3.8) is 0 Å². The van der Waals surface area contributed by atoms with E-state index in [9.17, 15) is 10.1 Å². The molecule has 2 aliphatic carbocycles. The largest absolute Gasteiger partial charge is 0.348 e. The lowest BCUT2D eigenvalue weighted by Crippen LogP contribution is -2.43. The third-order valence-corrected chi connectivity index (χ3v) is 8.47. The van der Waals surface area contributed by atoms with Crippen LogP contribution in [0.1, 0.15) is 82.9 Å². The molecule has 2 aromatic carbocycles. The summed E-state index contributed by atoms with van der Waals surface area (Å²) in [6.45, 7) is 4.21. The van der Waals surface area contributed by atoms with Gasteiger partial charge in [0, 0.05) is 29.6 Å². The molecule has 2 saturated carbocycles. The Hall–Kier alpha value is -3.21. The summed E-state index contributed by atoms with van der Waals surface area (Å²) in [6.07, 6.45) is 5.84. The van der Waals surface area contributed by atoms with E-state index in [2.05, 4.69) is 58.8 Å². The molecule has 1 aromatic heterocycles. The molecule has 3 aliphatic rings. The molecule has 0 saturated heterocycles. The number of carbonyl (C=O) groups excluding carboxylic acids is 1. The molecule has 1 spiro atoms. The van der Waals surface area contributed by atoms with E-state index >= 15 is 0 Å². The number of nitrogens with one attached hydrogen (secondary N) is 1. The van der Waals surface area contributed by atoms with Gasteiger partial charge in [0.2, 0.25) is 0 Å². The molecular formula is C28H29ClN6O. The Morgan fingerprint density at radius 1 is 1.25 bits per heavy atom. The van der Waals surface area contributed by atoms with E-state index in [0.717, 1.165) is 31.5 Å². The number of carbonyl (C=O) groups is 1. The van der Waals surface area contributed by atoms with E-state index in [1.54, 1.807) is 23.0 Å². The summed E-state index contributed by atoms with van der Waals surface area (Å²) in [7, 11) is 2.20. The molecule has 6 rings (SSSR count). The van der Waals surface area contributed by atoms with Gasteiger partial charge < -0.3 is 10.2 Å². The van der Waals surface area contributed by atoms with Gasteiger partial charge in [0.05, 0.1) is 23.9 Å². The zero-order valence-electron chi connectivity index (χ0n) is 20.5. The molecule has 2 heterocycles. The number of likely N-dealkylation sites (N-methyl/N-ethyl adjacent to an activating group) is 1. The highest BCUT2D eigenvalue weighted by atomic mass is 35.5. The number of amides is 1. The highest BCUT2D eigenvalue weighted by molar-refractivity contribution is 6.30. The maximum Gasteiger partial charge on any atom is 0.273 e. The van der Waals surface area contributed by atoms with E-state index in [1.807, 2.05) is 6.07 Å². The van der Waals surface area contributed by atoms with Gasteiger partial charge in [0.1, 0.15) is 0 Å². The van der Waals surface area contributed by atoms with E-state index in [0.29, 0.717) is 21.7 Å². The Bertz CT molecular complexity index is 1380. The van der Waals surface area contributed by atoms with E-state index in [4.69, 9.17) is 11.6 Å². The fourth-order valence-corrected chi connectivity index (χ4v) is 6.17. The maximum absolute atomic E-state index is 12.8. The van der Waals surface area contributed by atoms with Crippen LogP contribution >= 0.6 is 11.6 Å². The van der Waals surface area contributed by atoms with E-state index in [-0.39, 0.29) is 23.9 Å². The van der Waals surface area contributed by atoms with Gasteiger partial charge >= 0.3 is 0 Å². The fraction of sp³-hybridized carbons (Fsp3) is 0.429. The van der Waals surface area contributed by atoms with Crippen LogP contribution in [0.5, 0.6) is 0 Å². The molecule has 0 radical (unpaired) electrons. The Labute approximate surface area is 216 Å². The monoisotopic (exact) mass is 500 g/mol. The number of hydrogen-bond donors (Lipinski definition) is 1. The molecule has 7 nitrogen and oxygen atoms in total. The zero-order chi connectivity index (χ0) is 25.0. The summed E-state index contributed by atoms with van der Waals surface area (Å²) in [5, 5.41) is 21.5. The van der Waals surface area contributed by atoms with Crippen LogP contribution in [0.15, 0.2) is 42.6 Å². The van der Waals surface area contributed by atoms with Crippen molar-refractivity contribution in [2.24, 2.45) is 0 Å². The van der Waals surface area contributed by atoms with Crippen molar-refractivity contribution in [2.75, 3.05) is 13.6 Å². The first-order valence-corrected chi connectivity index (χ1v) is 13.0. The molecule has 1 atom stereocenters. The molecule has 8 heteroatoms. The van der Waals surface area contributed by atoms with Crippen LogP contribution in [0.25, 0.3) is 0 Å². The van der Waals surface area contributed by atoms with Crippen LogP contribution in [-0.4, -0.2) is 45.4 Å². The molecular weight excluding hydrogens is 472 g/mol. The first kappa shape index (κ1) is 23.2. The molecule has 36 heavy (non-hydrogen) atoms. The third kappa shape index (κ3) is 4.08. The molecule has 0 unspecified atom stereocenters. The molecule has 184 valence electrons. The van der Waals surface area contributed by atoms with Gasteiger partial charge in [-0.05, 0) is 86.0 Å². The Balaban J connectivity index is 1.10. The lowest BCUT2D eigenvalue weighted by atomic mass is 9.74. The second-order valence-electron chi connectivity index (χ2n) is 10.8. The van der Waals surface area contributed by atoms with Crippen molar-refractivity contribution in [1.82, 2.24) is 25.2 Å². The minimum absolute atomic E-state index is 0.0212. The number of aromatic nitrogens is 3. The van der Waals surface area contributed by atoms with Crippen LogP contribution in [0.4, 0.5) is 0 Å². The van der Waals surface area contributed by atoms with Gasteiger partial charge in [0.15, 0.2) is 5.69 Å². The SMILES string of the molecule is C[C@@H](c1ccc2c(c1)CN(C)CC21CC1)n1cc(C(=O)N[C@H]2C[C@@H](c3cc(Cl)ccc3C#N)C2)nn1. The smallest absolute Gasteiger partial charge is 0.273 e. The number of nitrogens with zero attached hydrogens (tertiary/aromatic N) is 5. The average molecular weight is 501 g/mol. The minimum atomic E-state index is -0.216. The number of nitriles is 1. The van der Waals surface area contributed by atoms with Crippen LogP contribution in [0.2, 0.25) is 5.02 Å². The first-order valence-electron chi connectivity index (χ1n) is 12.6. The molecule has 1 amide bonds. The normalized spacial score (nSPS) is 22.8. The predicted octanol–water partition coefficient (Wildman–Crippen LogP) is 4.57. The Morgan fingerprint density at radius 3 is 2.81 bits per heavy atom. The highest BCUT2D eigenvalue weighted by Crippen LogP contribution is 2.52. The highest BCUT2D eigenvalue weighted by Gasteiger charge is 2.48. The molecule has 3 aromatic rings. The lowest BCUT2D eigenvalue weighted by molar-refractivity contribution is 0.0903. The second-order valence-corrected chi connectivity index (χ2v) is 11.2. The molecule has 2 fully saturated rings. The van der Waals surface area contributed by atoms with Crippen molar-refractivity contribution in [3.8, 4) is 6.07 Å². The van der Waals surface area contributed by atoms with Crippen molar-refractivity contribution in [1.29, 1.82) is 5.26 Å².